The maximum atomic E-state index is 12.3. The molecule has 3 N–H and O–H groups in total. The van der Waals surface area contributed by atoms with E-state index in [2.05, 4.69) is 25.4 Å². The number of sulfonamides is 1. The van der Waals surface area contributed by atoms with Crippen LogP contribution in [0.15, 0.2) is 52.6 Å². The average Bonchev–Trinajstić information content (AvgIpc) is 3.23. The molecule has 0 atom stereocenters. The Bertz CT molecular complexity index is 859. The van der Waals surface area contributed by atoms with Crippen LogP contribution >= 0.6 is 24.0 Å². The van der Waals surface area contributed by atoms with Crippen molar-refractivity contribution in [2.24, 2.45) is 4.99 Å². The molecular formula is C19H31IN6O3S. The van der Waals surface area contributed by atoms with Gasteiger partial charge in [0.05, 0.1) is 18.0 Å². The van der Waals surface area contributed by atoms with Gasteiger partial charge in [0.1, 0.15) is 0 Å². The van der Waals surface area contributed by atoms with Crippen LogP contribution in [-0.2, 0) is 27.8 Å². The van der Waals surface area contributed by atoms with Crippen LogP contribution < -0.4 is 15.4 Å². The summed E-state index contributed by atoms with van der Waals surface area (Å²) in [5, 5.41) is 10.7. The average molecular weight is 550 g/mol. The molecule has 0 bridgehead atoms. The molecule has 0 unspecified atom stereocenters. The lowest BCUT2D eigenvalue weighted by Gasteiger charge is -2.12. The summed E-state index contributed by atoms with van der Waals surface area (Å²) in [4.78, 5) is 4.77. The number of nitrogens with zero attached hydrogens (tertiary/aromatic N) is 3. The highest BCUT2D eigenvalue weighted by Crippen LogP contribution is 2.12. The first-order chi connectivity index (χ1) is 14.0. The Kier molecular flexibility index (Phi) is 12.6. The summed E-state index contributed by atoms with van der Waals surface area (Å²) in [6.07, 6.45) is 4.61. The third kappa shape index (κ3) is 9.41. The highest BCUT2D eigenvalue weighted by atomic mass is 127. The number of aromatic nitrogens is 2. The second-order valence-electron chi connectivity index (χ2n) is 6.28. The monoisotopic (exact) mass is 550 g/mol. The smallest absolute Gasteiger partial charge is 0.240 e. The predicted molar refractivity (Wildman–Crippen MR) is 129 cm³/mol. The molecule has 0 fully saturated rings. The summed E-state index contributed by atoms with van der Waals surface area (Å²) in [5.41, 5.74) is 0.813. The zero-order valence-corrected chi connectivity index (χ0v) is 20.5. The molecule has 0 aliphatic heterocycles. The number of aryl methyl sites for hydroxylation is 1. The Balaban J connectivity index is 0.00000450. The lowest BCUT2D eigenvalue weighted by atomic mass is 10.2. The van der Waals surface area contributed by atoms with Crippen molar-refractivity contribution < 1.29 is 13.2 Å². The first-order valence-corrected chi connectivity index (χ1v) is 11.1. The standard InChI is InChI=1S/C19H30N6O3S.HI/c1-3-20-19(21-9-5-12-25-13-6-10-23-25)22-16-17-7-4-8-18(15-17)29(26,27)24-11-14-28-2;/h4,6-8,10,13,15,24H,3,5,9,11-12,14,16H2,1-2H3,(H2,20,21,22);1H. The third-order valence-corrected chi connectivity index (χ3v) is 5.45. The van der Waals surface area contributed by atoms with E-state index in [0.29, 0.717) is 19.1 Å². The molecule has 0 aliphatic carbocycles. The van der Waals surface area contributed by atoms with Gasteiger partial charge in [-0.2, -0.15) is 5.10 Å². The van der Waals surface area contributed by atoms with Crippen molar-refractivity contribution in [2.45, 2.75) is 31.3 Å². The third-order valence-electron chi connectivity index (χ3n) is 3.99. The quantitative estimate of drug-likeness (QED) is 0.160. The molecule has 2 aromatic rings. The van der Waals surface area contributed by atoms with Gasteiger partial charge in [-0.1, -0.05) is 12.1 Å². The minimum atomic E-state index is -3.56. The van der Waals surface area contributed by atoms with Crippen molar-refractivity contribution >= 4 is 40.0 Å². The minimum absolute atomic E-state index is 0. The number of hydrogen-bond acceptors (Lipinski definition) is 5. The van der Waals surface area contributed by atoms with Crippen molar-refractivity contribution in [3.05, 3.63) is 48.3 Å². The fraction of sp³-hybridized carbons (Fsp3) is 0.474. The van der Waals surface area contributed by atoms with Crippen LogP contribution in [-0.4, -0.2) is 57.5 Å². The molecule has 9 nitrogen and oxygen atoms in total. The number of halogens is 1. The van der Waals surface area contributed by atoms with E-state index in [-0.39, 0.29) is 35.4 Å². The Morgan fingerprint density at radius 3 is 2.77 bits per heavy atom. The highest BCUT2D eigenvalue weighted by molar-refractivity contribution is 14.0. The number of rotatable bonds is 12. The molecule has 11 heteroatoms. The maximum Gasteiger partial charge on any atom is 0.240 e. The van der Waals surface area contributed by atoms with Gasteiger partial charge < -0.3 is 15.4 Å². The van der Waals surface area contributed by atoms with Gasteiger partial charge in [0.2, 0.25) is 10.0 Å². The van der Waals surface area contributed by atoms with E-state index in [1.165, 1.54) is 7.11 Å². The second-order valence-corrected chi connectivity index (χ2v) is 8.05. The molecule has 0 radical (unpaired) electrons. The second kappa shape index (κ2) is 14.3. The predicted octanol–water partition coefficient (Wildman–Crippen LogP) is 1.57. The van der Waals surface area contributed by atoms with Crippen LogP contribution in [0.3, 0.4) is 0 Å². The number of ether oxygens (including phenoxy) is 1. The van der Waals surface area contributed by atoms with E-state index in [4.69, 9.17) is 4.74 Å². The van der Waals surface area contributed by atoms with Gasteiger partial charge in [-0.3, -0.25) is 4.68 Å². The number of methoxy groups -OCH3 is 1. The van der Waals surface area contributed by atoms with Crippen LogP contribution in [0.25, 0.3) is 0 Å². The molecule has 1 aromatic carbocycles. The molecule has 0 amide bonds. The van der Waals surface area contributed by atoms with Crippen LogP contribution in [0.5, 0.6) is 0 Å². The van der Waals surface area contributed by atoms with Gasteiger partial charge >= 0.3 is 0 Å². The number of benzene rings is 1. The fourth-order valence-corrected chi connectivity index (χ4v) is 3.65. The Morgan fingerprint density at radius 2 is 2.07 bits per heavy atom. The largest absolute Gasteiger partial charge is 0.383 e. The highest BCUT2D eigenvalue weighted by Gasteiger charge is 2.13. The first-order valence-electron chi connectivity index (χ1n) is 9.62. The maximum absolute atomic E-state index is 12.3. The van der Waals surface area contributed by atoms with E-state index in [1.54, 1.807) is 24.4 Å². The molecule has 168 valence electrons. The van der Waals surface area contributed by atoms with Gasteiger partial charge in [-0.15, -0.1) is 24.0 Å². The van der Waals surface area contributed by atoms with Gasteiger partial charge in [-0.05, 0) is 37.1 Å². The van der Waals surface area contributed by atoms with Crippen LogP contribution in [0.4, 0.5) is 0 Å². The fourth-order valence-electron chi connectivity index (χ4n) is 2.57. The van der Waals surface area contributed by atoms with Gasteiger partial charge in [0.15, 0.2) is 5.96 Å². The van der Waals surface area contributed by atoms with E-state index in [0.717, 1.165) is 31.6 Å². The minimum Gasteiger partial charge on any atom is -0.383 e. The van der Waals surface area contributed by atoms with Gasteiger partial charge in [0.25, 0.3) is 0 Å². The normalized spacial score (nSPS) is 11.7. The molecule has 0 saturated heterocycles. The SMILES string of the molecule is CCNC(=NCc1cccc(S(=O)(=O)NCCOC)c1)NCCCn1cccn1.I. The van der Waals surface area contributed by atoms with Crippen LogP contribution in [0.1, 0.15) is 18.9 Å². The van der Waals surface area contributed by atoms with Crippen LogP contribution in [0, 0.1) is 0 Å². The summed E-state index contributed by atoms with van der Waals surface area (Å²) in [6.45, 7) is 5.24. The Labute approximate surface area is 195 Å². The van der Waals surface area contributed by atoms with E-state index >= 15 is 0 Å². The van der Waals surface area contributed by atoms with Crippen molar-refractivity contribution in [3.63, 3.8) is 0 Å². The molecule has 2 rings (SSSR count). The number of guanidine groups is 1. The summed E-state index contributed by atoms with van der Waals surface area (Å²) in [5.74, 6) is 0.694. The summed E-state index contributed by atoms with van der Waals surface area (Å²) < 4.78 is 34.0. The molecule has 1 heterocycles. The van der Waals surface area contributed by atoms with Gasteiger partial charge in [0, 0.05) is 45.7 Å². The van der Waals surface area contributed by atoms with E-state index < -0.39 is 10.0 Å². The Morgan fingerprint density at radius 1 is 1.23 bits per heavy atom. The van der Waals surface area contributed by atoms with Crippen molar-refractivity contribution in [1.29, 1.82) is 0 Å². The zero-order chi connectivity index (χ0) is 21.0. The number of nitrogens with one attached hydrogen (secondary N) is 3. The van der Waals surface area contributed by atoms with Crippen LogP contribution in [0.2, 0.25) is 0 Å². The molecule has 0 aliphatic rings. The van der Waals surface area contributed by atoms with Crippen molar-refractivity contribution in [3.8, 4) is 0 Å². The first kappa shape index (κ1) is 26.3. The number of aliphatic imine (C=N–C) groups is 1. The number of hydrogen-bond donors (Lipinski definition) is 3. The molecule has 0 saturated carbocycles. The topological polar surface area (TPSA) is 110 Å². The summed E-state index contributed by atoms with van der Waals surface area (Å²) in [6, 6.07) is 8.69. The molecular weight excluding hydrogens is 519 g/mol. The Hall–Kier alpha value is -1.70. The summed E-state index contributed by atoms with van der Waals surface area (Å²) in [7, 11) is -2.03. The van der Waals surface area contributed by atoms with E-state index in [1.807, 2.05) is 29.9 Å². The zero-order valence-electron chi connectivity index (χ0n) is 17.4. The molecule has 30 heavy (non-hydrogen) atoms. The van der Waals surface area contributed by atoms with Crippen molar-refractivity contribution in [1.82, 2.24) is 25.1 Å². The van der Waals surface area contributed by atoms with E-state index in [9.17, 15) is 8.42 Å². The van der Waals surface area contributed by atoms with Crippen molar-refractivity contribution in [2.75, 3.05) is 33.4 Å². The summed E-state index contributed by atoms with van der Waals surface area (Å²) >= 11 is 0. The lowest BCUT2D eigenvalue weighted by molar-refractivity contribution is 0.204. The van der Waals surface area contributed by atoms with Gasteiger partial charge in [-0.25, -0.2) is 18.1 Å². The lowest BCUT2D eigenvalue weighted by Crippen LogP contribution is -2.38. The molecule has 0 spiro atoms. The molecule has 1 aromatic heterocycles.